The monoisotopic (exact) mass is 267 g/mol. The fourth-order valence-electron chi connectivity index (χ4n) is 1.53. The van der Waals surface area contributed by atoms with Crippen molar-refractivity contribution in [2.45, 2.75) is 6.92 Å². The molecule has 7 nitrogen and oxygen atoms in total. The number of carboxylic acids is 1. The Hall–Kier alpha value is -2.22. The molecule has 0 saturated heterocycles. The lowest BCUT2D eigenvalue weighted by Gasteiger charge is -2.00. The number of carboxylic acid groups (broad SMARTS) is 1. The summed E-state index contributed by atoms with van der Waals surface area (Å²) in [6, 6.07) is 0. The smallest absolute Gasteiger partial charge is 0.322 e. The number of hydrogen-bond donors (Lipinski definition) is 3. The number of nitrogens with zero attached hydrogens (tertiary/aromatic N) is 1. The average Bonchev–Trinajstić information content (AvgIpc) is 2.65. The molecule has 2 heterocycles. The molecule has 0 aromatic carbocycles. The summed E-state index contributed by atoms with van der Waals surface area (Å²) in [6.45, 7) is 1.17. The second-order valence-corrected chi connectivity index (χ2v) is 4.54. The number of H-pyrrole nitrogens is 1. The van der Waals surface area contributed by atoms with Crippen molar-refractivity contribution in [3.05, 3.63) is 27.1 Å². The van der Waals surface area contributed by atoms with Gasteiger partial charge in [0.05, 0.1) is 16.6 Å². The lowest BCUT2D eigenvalue weighted by molar-refractivity contribution is -0.135. The Labute approximate surface area is 104 Å². The Balaban J connectivity index is 2.43. The predicted molar refractivity (Wildman–Crippen MR) is 64.9 cm³/mol. The van der Waals surface area contributed by atoms with Crippen LogP contribution in [-0.4, -0.2) is 33.5 Å². The Kier molecular flexibility index (Phi) is 3.11. The summed E-state index contributed by atoms with van der Waals surface area (Å²) >= 11 is 1.06. The van der Waals surface area contributed by atoms with Gasteiger partial charge in [-0.1, -0.05) is 0 Å². The zero-order valence-electron chi connectivity index (χ0n) is 9.31. The maximum Gasteiger partial charge on any atom is 0.322 e. The van der Waals surface area contributed by atoms with Crippen LogP contribution in [0.4, 0.5) is 0 Å². The molecule has 2 rings (SSSR count). The van der Waals surface area contributed by atoms with Crippen LogP contribution >= 0.6 is 11.3 Å². The molecule has 0 radical (unpaired) electrons. The minimum Gasteiger partial charge on any atom is -0.480 e. The summed E-state index contributed by atoms with van der Waals surface area (Å²) < 4.78 is 0. The van der Waals surface area contributed by atoms with Crippen LogP contribution in [-0.2, 0) is 4.79 Å². The van der Waals surface area contributed by atoms with Gasteiger partial charge >= 0.3 is 5.97 Å². The van der Waals surface area contributed by atoms with Gasteiger partial charge in [-0.25, -0.2) is 4.98 Å². The van der Waals surface area contributed by atoms with E-state index in [1.54, 1.807) is 6.92 Å². The SMILES string of the molecule is Cc1c(C(=O)NCC(=O)O)sc2nc[nH]c(=O)c12. The Morgan fingerprint density at radius 3 is 2.89 bits per heavy atom. The molecule has 0 aliphatic carbocycles. The van der Waals surface area contributed by atoms with E-state index in [1.165, 1.54) is 6.33 Å². The van der Waals surface area contributed by atoms with Crippen LogP contribution in [0.5, 0.6) is 0 Å². The predicted octanol–water partition coefficient (Wildman–Crippen LogP) is 0.107. The zero-order chi connectivity index (χ0) is 13.3. The number of aromatic nitrogens is 2. The lowest BCUT2D eigenvalue weighted by Crippen LogP contribution is -2.29. The van der Waals surface area contributed by atoms with E-state index in [0.29, 0.717) is 20.7 Å². The van der Waals surface area contributed by atoms with Crippen molar-refractivity contribution in [2.24, 2.45) is 0 Å². The Bertz CT molecular complexity index is 688. The minimum absolute atomic E-state index is 0.301. The van der Waals surface area contributed by atoms with Crippen molar-refractivity contribution in [1.29, 1.82) is 0 Å². The van der Waals surface area contributed by atoms with Gasteiger partial charge in [0.1, 0.15) is 11.4 Å². The molecule has 0 unspecified atom stereocenters. The van der Waals surface area contributed by atoms with Crippen molar-refractivity contribution >= 4 is 33.4 Å². The number of amides is 1. The van der Waals surface area contributed by atoms with Gasteiger partial charge in [0.15, 0.2) is 0 Å². The molecule has 0 saturated carbocycles. The number of thiophene rings is 1. The maximum atomic E-state index is 11.7. The van der Waals surface area contributed by atoms with Crippen molar-refractivity contribution in [3.63, 3.8) is 0 Å². The summed E-state index contributed by atoms with van der Waals surface area (Å²) in [4.78, 5) is 40.9. The molecule has 3 N–H and O–H groups in total. The van der Waals surface area contributed by atoms with Crippen molar-refractivity contribution < 1.29 is 14.7 Å². The molecule has 2 aromatic heterocycles. The maximum absolute atomic E-state index is 11.7. The van der Waals surface area contributed by atoms with Gasteiger partial charge in [-0.2, -0.15) is 0 Å². The van der Waals surface area contributed by atoms with E-state index in [9.17, 15) is 14.4 Å². The van der Waals surface area contributed by atoms with Gasteiger partial charge in [0.25, 0.3) is 11.5 Å². The molecule has 0 bridgehead atoms. The molecule has 0 atom stereocenters. The number of fused-ring (bicyclic) bond motifs is 1. The van der Waals surface area contributed by atoms with Gasteiger partial charge in [0.2, 0.25) is 0 Å². The molecule has 0 aliphatic rings. The highest BCUT2D eigenvalue weighted by molar-refractivity contribution is 7.20. The summed E-state index contributed by atoms with van der Waals surface area (Å²) in [5.74, 6) is -1.64. The fourth-order valence-corrected chi connectivity index (χ4v) is 2.60. The third-order valence-corrected chi connectivity index (χ3v) is 3.54. The van der Waals surface area contributed by atoms with E-state index < -0.39 is 18.4 Å². The first-order valence-electron chi connectivity index (χ1n) is 4.97. The molecule has 18 heavy (non-hydrogen) atoms. The quantitative estimate of drug-likeness (QED) is 0.730. The van der Waals surface area contributed by atoms with Crippen LogP contribution in [0.3, 0.4) is 0 Å². The molecular formula is C10H9N3O4S. The van der Waals surface area contributed by atoms with Gasteiger partial charge in [-0.15, -0.1) is 11.3 Å². The largest absolute Gasteiger partial charge is 0.480 e. The van der Waals surface area contributed by atoms with Gasteiger partial charge in [-0.3, -0.25) is 14.4 Å². The van der Waals surface area contributed by atoms with Gasteiger partial charge < -0.3 is 15.4 Å². The van der Waals surface area contributed by atoms with E-state index in [1.807, 2.05) is 0 Å². The number of aryl methyl sites for hydroxylation is 1. The first kappa shape index (κ1) is 12.2. The van der Waals surface area contributed by atoms with Gasteiger partial charge in [-0.05, 0) is 12.5 Å². The van der Waals surface area contributed by atoms with E-state index in [0.717, 1.165) is 11.3 Å². The number of carbonyl (C=O) groups is 2. The second-order valence-electron chi connectivity index (χ2n) is 3.54. The minimum atomic E-state index is -1.13. The molecule has 8 heteroatoms. The molecular weight excluding hydrogens is 258 g/mol. The third-order valence-electron chi connectivity index (χ3n) is 2.34. The van der Waals surface area contributed by atoms with Crippen LogP contribution in [0.2, 0.25) is 0 Å². The Morgan fingerprint density at radius 1 is 1.56 bits per heavy atom. The summed E-state index contributed by atoms with van der Waals surface area (Å²) in [6.07, 6.45) is 1.26. The number of nitrogens with one attached hydrogen (secondary N) is 2. The summed E-state index contributed by atoms with van der Waals surface area (Å²) in [5, 5.41) is 11.1. The van der Waals surface area contributed by atoms with Gasteiger partial charge in [0, 0.05) is 0 Å². The fraction of sp³-hybridized carbons (Fsp3) is 0.200. The van der Waals surface area contributed by atoms with Crippen LogP contribution < -0.4 is 10.9 Å². The first-order valence-corrected chi connectivity index (χ1v) is 5.79. The van der Waals surface area contributed by atoms with Crippen molar-refractivity contribution in [1.82, 2.24) is 15.3 Å². The topological polar surface area (TPSA) is 112 Å². The number of aliphatic carboxylic acids is 1. The van der Waals surface area contributed by atoms with Crippen LogP contribution in [0.25, 0.3) is 10.2 Å². The van der Waals surface area contributed by atoms with Crippen LogP contribution in [0, 0.1) is 6.92 Å². The third kappa shape index (κ3) is 2.09. The molecule has 0 aliphatic heterocycles. The van der Waals surface area contributed by atoms with Crippen LogP contribution in [0.1, 0.15) is 15.2 Å². The standard InChI is InChI=1S/C10H9N3O4S/c1-4-6-8(16)12-3-13-10(6)18-7(4)9(17)11-2-5(14)15/h3H,2H2,1H3,(H,11,17)(H,14,15)(H,12,13,16). The molecule has 94 valence electrons. The Morgan fingerprint density at radius 2 is 2.28 bits per heavy atom. The van der Waals surface area contributed by atoms with E-state index in [-0.39, 0.29) is 5.56 Å². The van der Waals surface area contributed by atoms with E-state index in [2.05, 4.69) is 15.3 Å². The summed E-state index contributed by atoms with van der Waals surface area (Å²) in [5.41, 5.74) is 0.193. The number of hydrogen-bond acceptors (Lipinski definition) is 5. The van der Waals surface area contributed by atoms with Crippen molar-refractivity contribution in [3.8, 4) is 0 Å². The zero-order valence-corrected chi connectivity index (χ0v) is 10.1. The van der Waals surface area contributed by atoms with E-state index in [4.69, 9.17) is 5.11 Å². The first-order chi connectivity index (χ1) is 8.50. The molecule has 2 aromatic rings. The van der Waals surface area contributed by atoms with Crippen molar-refractivity contribution in [2.75, 3.05) is 6.54 Å². The normalized spacial score (nSPS) is 10.5. The number of carbonyl (C=O) groups excluding carboxylic acids is 1. The lowest BCUT2D eigenvalue weighted by atomic mass is 10.2. The highest BCUT2D eigenvalue weighted by Gasteiger charge is 2.18. The van der Waals surface area contributed by atoms with E-state index >= 15 is 0 Å². The molecule has 0 fully saturated rings. The molecule has 0 spiro atoms. The highest BCUT2D eigenvalue weighted by Crippen LogP contribution is 2.26. The second kappa shape index (κ2) is 4.57. The highest BCUT2D eigenvalue weighted by atomic mass is 32.1. The molecule has 1 amide bonds. The average molecular weight is 267 g/mol. The summed E-state index contributed by atoms with van der Waals surface area (Å²) in [7, 11) is 0. The van der Waals surface area contributed by atoms with Crippen LogP contribution in [0.15, 0.2) is 11.1 Å². The number of aromatic amines is 1. The number of rotatable bonds is 3.